The molecule has 0 saturated heterocycles. The Morgan fingerprint density at radius 3 is 2.06 bits per heavy atom. The number of hydrogen-bond donors (Lipinski definition) is 1. The first-order chi connectivity index (χ1) is 7.34. The standard InChI is InChI=1S/C14H23NO/c1-6-15(5)14(4,16)13(2,3)12-10-8-7-9-11-12/h7-11,16H,6H2,1-5H3. The first kappa shape index (κ1) is 13.2. The van der Waals surface area contributed by atoms with E-state index in [-0.39, 0.29) is 5.41 Å². The van der Waals surface area contributed by atoms with Crippen LogP contribution in [0.25, 0.3) is 0 Å². The summed E-state index contributed by atoms with van der Waals surface area (Å²) in [6.07, 6.45) is 0. The molecule has 0 saturated carbocycles. The molecule has 2 nitrogen and oxygen atoms in total. The van der Waals surface area contributed by atoms with Gasteiger partial charge >= 0.3 is 0 Å². The van der Waals surface area contributed by atoms with Crippen molar-refractivity contribution in [1.29, 1.82) is 0 Å². The summed E-state index contributed by atoms with van der Waals surface area (Å²) < 4.78 is 0. The average molecular weight is 221 g/mol. The van der Waals surface area contributed by atoms with Crippen molar-refractivity contribution in [3.8, 4) is 0 Å². The fraction of sp³-hybridized carbons (Fsp3) is 0.571. The summed E-state index contributed by atoms with van der Waals surface area (Å²) in [4.78, 5) is 1.97. The molecule has 0 aliphatic heterocycles. The van der Waals surface area contributed by atoms with E-state index in [4.69, 9.17) is 0 Å². The fourth-order valence-corrected chi connectivity index (χ4v) is 1.91. The van der Waals surface area contributed by atoms with Gasteiger partial charge in [0, 0.05) is 5.41 Å². The minimum Gasteiger partial charge on any atom is -0.375 e. The maximum atomic E-state index is 10.7. The van der Waals surface area contributed by atoms with Crippen molar-refractivity contribution in [1.82, 2.24) is 4.90 Å². The number of rotatable bonds is 4. The highest BCUT2D eigenvalue weighted by Crippen LogP contribution is 2.36. The predicted octanol–water partition coefficient (Wildman–Crippen LogP) is 2.62. The van der Waals surface area contributed by atoms with E-state index in [2.05, 4.69) is 32.9 Å². The largest absolute Gasteiger partial charge is 0.375 e. The molecule has 0 aliphatic rings. The topological polar surface area (TPSA) is 23.5 Å². The molecule has 1 unspecified atom stereocenters. The molecule has 0 heterocycles. The number of aliphatic hydroxyl groups is 1. The second-order valence-electron chi connectivity index (χ2n) is 5.03. The molecule has 1 N–H and O–H groups in total. The maximum absolute atomic E-state index is 10.7. The van der Waals surface area contributed by atoms with Crippen molar-refractivity contribution < 1.29 is 5.11 Å². The number of nitrogens with zero attached hydrogens (tertiary/aromatic N) is 1. The summed E-state index contributed by atoms with van der Waals surface area (Å²) in [5.74, 6) is 0. The first-order valence-electron chi connectivity index (χ1n) is 5.83. The summed E-state index contributed by atoms with van der Waals surface area (Å²) >= 11 is 0. The Bertz CT molecular complexity index is 330. The van der Waals surface area contributed by atoms with Crippen LogP contribution in [0.1, 0.15) is 33.3 Å². The zero-order valence-corrected chi connectivity index (χ0v) is 11.0. The van der Waals surface area contributed by atoms with Gasteiger partial charge in [0.2, 0.25) is 0 Å². The Morgan fingerprint density at radius 1 is 1.12 bits per heavy atom. The molecule has 0 amide bonds. The van der Waals surface area contributed by atoms with Crippen LogP contribution in [0.2, 0.25) is 0 Å². The highest BCUT2D eigenvalue weighted by molar-refractivity contribution is 5.26. The van der Waals surface area contributed by atoms with Crippen LogP contribution >= 0.6 is 0 Å². The molecule has 0 bridgehead atoms. The van der Waals surface area contributed by atoms with E-state index in [9.17, 15) is 5.11 Å². The third kappa shape index (κ3) is 2.13. The Balaban J connectivity index is 3.11. The Hall–Kier alpha value is -0.860. The number of likely N-dealkylation sites (N-methyl/N-ethyl adjacent to an activating group) is 1. The van der Waals surface area contributed by atoms with Gasteiger partial charge in [-0.2, -0.15) is 0 Å². The molecule has 0 fully saturated rings. The molecule has 1 atom stereocenters. The minimum absolute atomic E-state index is 0.307. The van der Waals surface area contributed by atoms with Crippen molar-refractivity contribution in [2.75, 3.05) is 13.6 Å². The Labute approximate surface area is 98.9 Å². The van der Waals surface area contributed by atoms with E-state index in [1.807, 2.05) is 37.1 Å². The zero-order valence-electron chi connectivity index (χ0n) is 11.0. The minimum atomic E-state index is -0.858. The normalized spacial score (nSPS) is 16.2. The molecule has 1 aromatic carbocycles. The second-order valence-corrected chi connectivity index (χ2v) is 5.03. The van der Waals surface area contributed by atoms with Gasteiger partial charge in [0.15, 0.2) is 0 Å². The van der Waals surface area contributed by atoms with Gasteiger partial charge in [-0.25, -0.2) is 0 Å². The van der Waals surface area contributed by atoms with Gasteiger partial charge in [-0.05, 0) is 26.1 Å². The first-order valence-corrected chi connectivity index (χ1v) is 5.83. The lowest BCUT2D eigenvalue weighted by atomic mass is 9.75. The molecule has 1 rings (SSSR count). The van der Waals surface area contributed by atoms with Crippen LogP contribution in [0.4, 0.5) is 0 Å². The lowest BCUT2D eigenvalue weighted by Crippen LogP contribution is -2.56. The van der Waals surface area contributed by atoms with Crippen LogP contribution in [0.3, 0.4) is 0 Å². The highest BCUT2D eigenvalue weighted by Gasteiger charge is 2.43. The smallest absolute Gasteiger partial charge is 0.124 e. The van der Waals surface area contributed by atoms with E-state index in [0.717, 1.165) is 12.1 Å². The van der Waals surface area contributed by atoms with Crippen molar-refractivity contribution in [3.05, 3.63) is 35.9 Å². The third-order valence-electron chi connectivity index (χ3n) is 3.90. The van der Waals surface area contributed by atoms with Gasteiger partial charge in [-0.1, -0.05) is 51.1 Å². The SMILES string of the molecule is CCN(C)C(C)(O)C(C)(C)c1ccccc1. The van der Waals surface area contributed by atoms with Crippen molar-refractivity contribution in [2.24, 2.45) is 0 Å². The fourth-order valence-electron chi connectivity index (χ4n) is 1.91. The second kappa shape index (κ2) is 4.56. The average Bonchev–Trinajstić information content (AvgIpc) is 2.28. The van der Waals surface area contributed by atoms with Gasteiger partial charge in [-0.3, -0.25) is 4.90 Å². The molecule has 1 aromatic rings. The van der Waals surface area contributed by atoms with E-state index in [1.165, 1.54) is 0 Å². The Morgan fingerprint density at radius 2 is 1.62 bits per heavy atom. The molecule has 16 heavy (non-hydrogen) atoms. The van der Waals surface area contributed by atoms with Crippen LogP contribution in [-0.2, 0) is 5.41 Å². The van der Waals surface area contributed by atoms with Crippen molar-refractivity contribution in [2.45, 2.75) is 38.8 Å². The Kier molecular flexibility index (Phi) is 3.76. The molecule has 0 aromatic heterocycles. The number of benzene rings is 1. The predicted molar refractivity (Wildman–Crippen MR) is 68.4 cm³/mol. The highest BCUT2D eigenvalue weighted by atomic mass is 16.3. The summed E-state index contributed by atoms with van der Waals surface area (Å²) in [7, 11) is 1.95. The van der Waals surface area contributed by atoms with Gasteiger partial charge in [0.25, 0.3) is 0 Å². The molecule has 0 aliphatic carbocycles. The van der Waals surface area contributed by atoms with Crippen LogP contribution in [0, 0.1) is 0 Å². The molecule has 2 heteroatoms. The lowest BCUT2D eigenvalue weighted by Gasteiger charge is -2.46. The van der Waals surface area contributed by atoms with Gasteiger partial charge < -0.3 is 5.11 Å². The van der Waals surface area contributed by atoms with Crippen LogP contribution < -0.4 is 0 Å². The lowest BCUT2D eigenvalue weighted by molar-refractivity contribution is -0.128. The van der Waals surface area contributed by atoms with Crippen molar-refractivity contribution >= 4 is 0 Å². The molecule has 0 radical (unpaired) electrons. The van der Waals surface area contributed by atoms with E-state index < -0.39 is 5.72 Å². The number of hydrogen-bond acceptors (Lipinski definition) is 2. The zero-order chi connectivity index (χ0) is 12.4. The van der Waals surface area contributed by atoms with E-state index in [0.29, 0.717) is 0 Å². The van der Waals surface area contributed by atoms with Crippen molar-refractivity contribution in [3.63, 3.8) is 0 Å². The van der Waals surface area contributed by atoms with Gasteiger partial charge in [-0.15, -0.1) is 0 Å². The van der Waals surface area contributed by atoms with Gasteiger partial charge in [0.1, 0.15) is 5.72 Å². The molecule has 0 spiro atoms. The monoisotopic (exact) mass is 221 g/mol. The van der Waals surface area contributed by atoms with Crippen LogP contribution in [0.15, 0.2) is 30.3 Å². The van der Waals surface area contributed by atoms with Crippen LogP contribution in [-0.4, -0.2) is 29.3 Å². The van der Waals surface area contributed by atoms with E-state index >= 15 is 0 Å². The third-order valence-corrected chi connectivity index (χ3v) is 3.90. The van der Waals surface area contributed by atoms with Gasteiger partial charge in [0.05, 0.1) is 0 Å². The maximum Gasteiger partial charge on any atom is 0.124 e. The molecule has 90 valence electrons. The molecular formula is C14H23NO. The summed E-state index contributed by atoms with van der Waals surface area (Å²) in [6, 6.07) is 10.2. The summed E-state index contributed by atoms with van der Waals surface area (Å²) in [6.45, 7) is 8.91. The van der Waals surface area contributed by atoms with E-state index in [1.54, 1.807) is 0 Å². The molecular weight excluding hydrogens is 198 g/mol. The van der Waals surface area contributed by atoms with Crippen LogP contribution in [0.5, 0.6) is 0 Å². The summed E-state index contributed by atoms with van der Waals surface area (Å²) in [5.41, 5.74) is -0.0115. The quantitative estimate of drug-likeness (QED) is 0.790. The summed E-state index contributed by atoms with van der Waals surface area (Å²) in [5, 5.41) is 10.7.